The zero-order valence-electron chi connectivity index (χ0n) is 11.6. The number of aromatic nitrogens is 1. The summed E-state index contributed by atoms with van der Waals surface area (Å²) in [6.45, 7) is 6.63. The number of benzene rings is 1. The van der Waals surface area contributed by atoms with Crippen LogP contribution in [0.4, 0.5) is 0 Å². The zero-order valence-corrected chi connectivity index (χ0v) is 11.6. The molecule has 0 spiro atoms. The Labute approximate surface area is 114 Å². The molecule has 0 fully saturated rings. The maximum Gasteiger partial charge on any atom is 0.128 e. The molecular weight excluding hydrogens is 238 g/mol. The van der Waals surface area contributed by atoms with Crippen molar-refractivity contribution >= 4 is 0 Å². The first-order valence-corrected chi connectivity index (χ1v) is 6.55. The largest absolute Gasteiger partial charge is 0.493 e. The van der Waals surface area contributed by atoms with Gasteiger partial charge in [-0.25, -0.2) is 0 Å². The molecule has 1 heterocycles. The molecule has 0 radical (unpaired) electrons. The Balaban J connectivity index is 2.36. The van der Waals surface area contributed by atoms with Crippen molar-refractivity contribution in [3.8, 4) is 22.8 Å². The molecule has 3 heteroatoms. The molecule has 0 aliphatic heterocycles. The standard InChI is InChI=1S/C16H19NO2/c1-4-18-16-8-6-5-7-14(16)15-11-13(9-10-17-15)19-12(2)3/h5-12H,4H2,1-3H3. The topological polar surface area (TPSA) is 31.4 Å². The van der Waals surface area contributed by atoms with Gasteiger partial charge in [-0.1, -0.05) is 12.1 Å². The van der Waals surface area contributed by atoms with Crippen LogP contribution < -0.4 is 9.47 Å². The normalized spacial score (nSPS) is 10.5. The van der Waals surface area contributed by atoms with Gasteiger partial charge in [-0.3, -0.25) is 4.98 Å². The number of nitrogens with zero attached hydrogens (tertiary/aromatic N) is 1. The van der Waals surface area contributed by atoms with E-state index in [1.54, 1.807) is 6.20 Å². The van der Waals surface area contributed by atoms with Crippen LogP contribution in [0.5, 0.6) is 11.5 Å². The summed E-state index contributed by atoms with van der Waals surface area (Å²) in [4.78, 5) is 4.40. The van der Waals surface area contributed by atoms with Crippen LogP contribution in [-0.2, 0) is 0 Å². The highest BCUT2D eigenvalue weighted by Gasteiger charge is 2.08. The molecule has 0 N–H and O–H groups in total. The van der Waals surface area contributed by atoms with Gasteiger partial charge < -0.3 is 9.47 Å². The predicted molar refractivity (Wildman–Crippen MR) is 76.6 cm³/mol. The van der Waals surface area contributed by atoms with Crippen LogP contribution in [-0.4, -0.2) is 17.7 Å². The molecule has 0 bridgehead atoms. The van der Waals surface area contributed by atoms with Crippen LogP contribution in [0.1, 0.15) is 20.8 Å². The lowest BCUT2D eigenvalue weighted by molar-refractivity contribution is 0.242. The van der Waals surface area contributed by atoms with Crippen molar-refractivity contribution in [2.24, 2.45) is 0 Å². The minimum atomic E-state index is 0.150. The molecule has 0 atom stereocenters. The van der Waals surface area contributed by atoms with Gasteiger partial charge in [0.15, 0.2) is 0 Å². The fraction of sp³-hybridized carbons (Fsp3) is 0.312. The number of pyridine rings is 1. The SMILES string of the molecule is CCOc1ccccc1-c1cc(OC(C)C)ccn1. The number of para-hydroxylation sites is 1. The predicted octanol–water partition coefficient (Wildman–Crippen LogP) is 3.93. The van der Waals surface area contributed by atoms with Crippen molar-refractivity contribution in [1.29, 1.82) is 0 Å². The van der Waals surface area contributed by atoms with Gasteiger partial charge in [-0.15, -0.1) is 0 Å². The van der Waals surface area contributed by atoms with E-state index in [9.17, 15) is 0 Å². The van der Waals surface area contributed by atoms with Crippen molar-refractivity contribution < 1.29 is 9.47 Å². The van der Waals surface area contributed by atoms with Crippen molar-refractivity contribution in [2.75, 3.05) is 6.61 Å². The Kier molecular flexibility index (Phi) is 4.39. The summed E-state index contributed by atoms with van der Waals surface area (Å²) in [6, 6.07) is 11.7. The van der Waals surface area contributed by atoms with E-state index < -0.39 is 0 Å². The van der Waals surface area contributed by atoms with Crippen molar-refractivity contribution in [3.05, 3.63) is 42.6 Å². The van der Waals surface area contributed by atoms with Gasteiger partial charge in [0.05, 0.1) is 18.4 Å². The van der Waals surface area contributed by atoms with E-state index in [4.69, 9.17) is 9.47 Å². The van der Waals surface area contributed by atoms with Gasteiger partial charge in [-0.2, -0.15) is 0 Å². The van der Waals surface area contributed by atoms with Crippen LogP contribution in [0.3, 0.4) is 0 Å². The third kappa shape index (κ3) is 3.47. The molecule has 100 valence electrons. The molecule has 0 unspecified atom stereocenters. The summed E-state index contributed by atoms with van der Waals surface area (Å²) >= 11 is 0. The second-order valence-electron chi connectivity index (χ2n) is 4.47. The summed E-state index contributed by atoms with van der Waals surface area (Å²) in [5.41, 5.74) is 1.85. The highest BCUT2D eigenvalue weighted by atomic mass is 16.5. The molecule has 1 aromatic heterocycles. The second kappa shape index (κ2) is 6.23. The highest BCUT2D eigenvalue weighted by molar-refractivity contribution is 5.67. The Morgan fingerprint density at radius 1 is 1.16 bits per heavy atom. The number of hydrogen-bond acceptors (Lipinski definition) is 3. The maximum atomic E-state index is 5.70. The zero-order chi connectivity index (χ0) is 13.7. The molecule has 0 aliphatic rings. The molecule has 2 rings (SSSR count). The van der Waals surface area contributed by atoms with Gasteiger partial charge in [-0.05, 0) is 39.0 Å². The molecule has 3 nitrogen and oxygen atoms in total. The lowest BCUT2D eigenvalue weighted by Gasteiger charge is -2.12. The number of ether oxygens (including phenoxy) is 2. The fourth-order valence-electron chi connectivity index (χ4n) is 1.86. The van der Waals surface area contributed by atoms with E-state index in [2.05, 4.69) is 4.98 Å². The smallest absolute Gasteiger partial charge is 0.128 e. The first-order valence-electron chi connectivity index (χ1n) is 6.55. The Morgan fingerprint density at radius 2 is 1.95 bits per heavy atom. The van der Waals surface area contributed by atoms with E-state index in [0.29, 0.717) is 6.61 Å². The molecule has 2 aromatic rings. The lowest BCUT2D eigenvalue weighted by Crippen LogP contribution is -2.05. The van der Waals surface area contributed by atoms with E-state index >= 15 is 0 Å². The van der Waals surface area contributed by atoms with Crippen LogP contribution in [0.15, 0.2) is 42.6 Å². The lowest BCUT2D eigenvalue weighted by atomic mass is 10.1. The quantitative estimate of drug-likeness (QED) is 0.813. The van der Waals surface area contributed by atoms with E-state index in [0.717, 1.165) is 22.8 Å². The first kappa shape index (κ1) is 13.4. The van der Waals surface area contributed by atoms with E-state index in [-0.39, 0.29) is 6.10 Å². The minimum absolute atomic E-state index is 0.150. The summed E-state index contributed by atoms with van der Waals surface area (Å²) in [6.07, 6.45) is 1.91. The first-order chi connectivity index (χ1) is 9.20. The van der Waals surface area contributed by atoms with E-state index in [1.165, 1.54) is 0 Å². The third-order valence-corrected chi connectivity index (χ3v) is 2.57. The molecule has 1 aromatic carbocycles. The molecule has 0 amide bonds. The highest BCUT2D eigenvalue weighted by Crippen LogP contribution is 2.30. The van der Waals surface area contributed by atoms with Gasteiger partial charge in [0.25, 0.3) is 0 Å². The van der Waals surface area contributed by atoms with E-state index in [1.807, 2.05) is 57.2 Å². The molecule has 19 heavy (non-hydrogen) atoms. The summed E-state index contributed by atoms with van der Waals surface area (Å²) < 4.78 is 11.3. The average Bonchev–Trinajstić information content (AvgIpc) is 2.39. The Bertz CT molecular complexity index is 538. The third-order valence-electron chi connectivity index (χ3n) is 2.57. The number of rotatable bonds is 5. The van der Waals surface area contributed by atoms with Gasteiger partial charge in [0.1, 0.15) is 11.5 Å². The van der Waals surface area contributed by atoms with Gasteiger partial charge >= 0.3 is 0 Å². The molecule has 0 saturated heterocycles. The average molecular weight is 257 g/mol. The fourth-order valence-corrected chi connectivity index (χ4v) is 1.86. The van der Waals surface area contributed by atoms with Crippen LogP contribution in [0, 0.1) is 0 Å². The van der Waals surface area contributed by atoms with Gasteiger partial charge in [0.2, 0.25) is 0 Å². The van der Waals surface area contributed by atoms with Crippen molar-refractivity contribution in [3.63, 3.8) is 0 Å². The molecule has 0 saturated carbocycles. The van der Waals surface area contributed by atoms with Crippen molar-refractivity contribution in [1.82, 2.24) is 4.98 Å². The summed E-state index contributed by atoms with van der Waals surface area (Å²) in [5.74, 6) is 1.67. The molecular formula is C16H19NO2. The van der Waals surface area contributed by atoms with Crippen LogP contribution in [0.2, 0.25) is 0 Å². The van der Waals surface area contributed by atoms with Crippen LogP contribution >= 0.6 is 0 Å². The van der Waals surface area contributed by atoms with Gasteiger partial charge in [0, 0.05) is 17.8 Å². The maximum absolute atomic E-state index is 5.70. The van der Waals surface area contributed by atoms with Crippen molar-refractivity contribution in [2.45, 2.75) is 26.9 Å². The summed E-state index contributed by atoms with van der Waals surface area (Å²) in [7, 11) is 0. The summed E-state index contributed by atoms with van der Waals surface area (Å²) in [5, 5.41) is 0. The Hall–Kier alpha value is -2.03. The monoisotopic (exact) mass is 257 g/mol. The number of hydrogen-bond donors (Lipinski definition) is 0. The Morgan fingerprint density at radius 3 is 2.68 bits per heavy atom. The van der Waals surface area contributed by atoms with Crippen LogP contribution in [0.25, 0.3) is 11.3 Å². The second-order valence-corrected chi connectivity index (χ2v) is 4.47. The molecule has 0 aliphatic carbocycles. The minimum Gasteiger partial charge on any atom is -0.493 e.